The van der Waals surface area contributed by atoms with Crippen LogP contribution in [-0.4, -0.2) is 50.4 Å². The predicted molar refractivity (Wildman–Crippen MR) is 120 cm³/mol. The van der Waals surface area contributed by atoms with Crippen LogP contribution in [0.2, 0.25) is 0 Å². The molecule has 5 nitrogen and oxygen atoms in total. The van der Waals surface area contributed by atoms with Crippen LogP contribution in [0.3, 0.4) is 0 Å². The van der Waals surface area contributed by atoms with Gasteiger partial charge in [-0.05, 0) is 56.6 Å². The van der Waals surface area contributed by atoms with Gasteiger partial charge in [-0.15, -0.1) is 0 Å². The molecule has 0 spiro atoms. The van der Waals surface area contributed by atoms with Gasteiger partial charge in [0.1, 0.15) is 5.82 Å². The molecule has 0 aromatic heterocycles. The topological polar surface area (TPSA) is 61.4 Å². The number of nitrogens with one attached hydrogen (secondary N) is 2. The van der Waals surface area contributed by atoms with Crippen molar-refractivity contribution in [2.75, 3.05) is 27.7 Å². The van der Waals surface area contributed by atoms with Crippen molar-refractivity contribution in [1.29, 1.82) is 0 Å². The number of halogens is 1. The minimum atomic E-state index is -0.535. The van der Waals surface area contributed by atoms with Crippen LogP contribution in [0.5, 0.6) is 0 Å². The van der Waals surface area contributed by atoms with Crippen LogP contribution in [0.1, 0.15) is 41.3 Å². The molecule has 1 saturated carbocycles. The van der Waals surface area contributed by atoms with Gasteiger partial charge in [-0.1, -0.05) is 43.3 Å². The third-order valence-electron chi connectivity index (χ3n) is 6.59. The van der Waals surface area contributed by atoms with Crippen LogP contribution in [-0.2, 0) is 16.6 Å². The number of carbonyl (C=O) groups is 2. The number of benzene rings is 2. The summed E-state index contributed by atoms with van der Waals surface area (Å²) >= 11 is 0. The molecule has 2 aromatic rings. The molecule has 2 N–H and O–H groups in total. The van der Waals surface area contributed by atoms with Gasteiger partial charge in [-0.25, -0.2) is 4.39 Å². The number of hydrogen-bond acceptors (Lipinski definition) is 3. The van der Waals surface area contributed by atoms with E-state index in [1.54, 1.807) is 6.07 Å². The zero-order chi connectivity index (χ0) is 22.6. The van der Waals surface area contributed by atoms with Crippen molar-refractivity contribution in [3.8, 4) is 0 Å². The van der Waals surface area contributed by atoms with Gasteiger partial charge in [0.25, 0.3) is 5.91 Å². The fourth-order valence-corrected chi connectivity index (χ4v) is 4.39. The van der Waals surface area contributed by atoms with E-state index in [1.165, 1.54) is 24.7 Å². The summed E-state index contributed by atoms with van der Waals surface area (Å²) in [6.07, 6.45) is 2.38. The Kier molecular flexibility index (Phi) is 7.11. The first kappa shape index (κ1) is 22.9. The van der Waals surface area contributed by atoms with Gasteiger partial charge < -0.3 is 15.5 Å². The highest BCUT2D eigenvalue weighted by Crippen LogP contribution is 2.56. The van der Waals surface area contributed by atoms with Crippen LogP contribution in [0.25, 0.3) is 0 Å². The fourth-order valence-electron chi connectivity index (χ4n) is 4.39. The second-order valence-corrected chi connectivity index (χ2v) is 8.59. The first-order valence-electron chi connectivity index (χ1n) is 10.8. The van der Waals surface area contributed by atoms with Gasteiger partial charge in [0, 0.05) is 31.0 Å². The Morgan fingerprint density at radius 2 is 1.90 bits per heavy atom. The van der Waals surface area contributed by atoms with E-state index >= 15 is 0 Å². The summed E-state index contributed by atoms with van der Waals surface area (Å²) in [5.41, 5.74) is 1.99. The number of rotatable bonds is 9. The van der Waals surface area contributed by atoms with Gasteiger partial charge in [0.15, 0.2) is 0 Å². The largest absolute Gasteiger partial charge is 0.355 e. The van der Waals surface area contributed by atoms with Crippen LogP contribution >= 0.6 is 0 Å². The van der Waals surface area contributed by atoms with Crippen molar-refractivity contribution < 1.29 is 14.0 Å². The van der Waals surface area contributed by atoms with Gasteiger partial charge in [0.2, 0.25) is 5.91 Å². The molecule has 1 fully saturated rings. The smallest absolute Gasteiger partial charge is 0.253 e. The van der Waals surface area contributed by atoms with Crippen molar-refractivity contribution in [2.24, 2.45) is 5.92 Å². The summed E-state index contributed by atoms with van der Waals surface area (Å²) in [5.74, 6) is -0.902. The maximum atomic E-state index is 14.3. The summed E-state index contributed by atoms with van der Waals surface area (Å²) < 4.78 is 14.3. The first-order valence-corrected chi connectivity index (χ1v) is 10.8. The molecular weight excluding hydrogens is 393 g/mol. The normalized spacial score (nSPS) is 20.9. The van der Waals surface area contributed by atoms with E-state index in [1.807, 2.05) is 37.2 Å². The molecule has 166 valence electrons. The van der Waals surface area contributed by atoms with E-state index in [0.717, 1.165) is 18.4 Å². The molecule has 3 atom stereocenters. The van der Waals surface area contributed by atoms with E-state index in [0.29, 0.717) is 13.0 Å². The molecule has 31 heavy (non-hydrogen) atoms. The number of hydrogen-bond donors (Lipinski definition) is 2. The van der Waals surface area contributed by atoms with E-state index < -0.39 is 11.7 Å². The summed E-state index contributed by atoms with van der Waals surface area (Å²) in [6.45, 7) is 2.62. The highest BCUT2D eigenvalue weighted by molar-refractivity contribution is 5.94. The molecule has 0 heterocycles. The molecule has 1 aliphatic rings. The Morgan fingerprint density at radius 3 is 2.48 bits per heavy atom. The molecule has 6 heteroatoms. The van der Waals surface area contributed by atoms with Crippen molar-refractivity contribution in [3.63, 3.8) is 0 Å². The lowest BCUT2D eigenvalue weighted by atomic mass is 9.90. The highest BCUT2D eigenvalue weighted by Gasteiger charge is 2.57. The SMILES string of the molecule is CC[C@@]1(c2ccccc2)C[C@H]1C(=O)NC[C@H](Cc1ccc(C(=O)NC)c(F)c1)N(C)C. The molecule has 0 saturated heterocycles. The summed E-state index contributed by atoms with van der Waals surface area (Å²) in [5, 5.41) is 5.56. The molecule has 0 unspecified atom stereocenters. The first-order chi connectivity index (χ1) is 14.8. The zero-order valence-electron chi connectivity index (χ0n) is 18.7. The maximum absolute atomic E-state index is 14.3. The molecule has 3 rings (SSSR count). The van der Waals surface area contributed by atoms with Crippen LogP contribution in [0.4, 0.5) is 4.39 Å². The number of carbonyl (C=O) groups excluding carboxylic acids is 2. The lowest BCUT2D eigenvalue weighted by molar-refractivity contribution is -0.123. The van der Waals surface area contributed by atoms with Gasteiger partial charge in [0.05, 0.1) is 5.56 Å². The van der Waals surface area contributed by atoms with Crippen LogP contribution in [0, 0.1) is 11.7 Å². The Labute approximate surface area is 184 Å². The molecule has 2 amide bonds. The molecule has 0 aliphatic heterocycles. The standard InChI is InChI=1S/C25H32FN3O2/c1-5-25(18-9-7-6-8-10-18)15-21(25)24(31)28-16-19(29(3)4)13-17-11-12-20(22(26)14-17)23(30)27-2/h6-12,14,19,21H,5,13,15-16H2,1-4H3,(H,27,30)(H,28,31)/t19-,21-,25-/m0/s1. The van der Waals surface area contributed by atoms with E-state index in [-0.39, 0.29) is 28.8 Å². The van der Waals surface area contributed by atoms with E-state index in [4.69, 9.17) is 0 Å². The molecule has 1 aliphatic carbocycles. The predicted octanol–water partition coefficient (Wildman–Crippen LogP) is 3.14. The Morgan fingerprint density at radius 1 is 1.19 bits per heavy atom. The minimum Gasteiger partial charge on any atom is -0.355 e. The monoisotopic (exact) mass is 425 g/mol. The molecule has 0 radical (unpaired) electrons. The van der Waals surface area contributed by atoms with Crippen molar-refractivity contribution >= 4 is 11.8 Å². The number of amides is 2. The second kappa shape index (κ2) is 9.60. The molecule has 0 bridgehead atoms. The van der Waals surface area contributed by atoms with Gasteiger partial charge in [-0.3, -0.25) is 9.59 Å². The van der Waals surface area contributed by atoms with Crippen molar-refractivity contribution in [1.82, 2.24) is 15.5 Å². The van der Waals surface area contributed by atoms with E-state index in [2.05, 4.69) is 29.7 Å². The summed E-state index contributed by atoms with van der Waals surface area (Å²) in [6, 6.07) is 15.0. The minimum absolute atomic E-state index is 0.00741. The summed E-state index contributed by atoms with van der Waals surface area (Å²) in [4.78, 5) is 26.6. The quantitative estimate of drug-likeness (QED) is 0.649. The number of nitrogens with zero attached hydrogens (tertiary/aromatic N) is 1. The van der Waals surface area contributed by atoms with E-state index in [9.17, 15) is 14.0 Å². The number of likely N-dealkylation sites (N-methyl/N-ethyl adjacent to an activating group) is 1. The van der Waals surface area contributed by atoms with Crippen LogP contribution in [0.15, 0.2) is 48.5 Å². The Hall–Kier alpha value is -2.73. The third kappa shape index (κ3) is 4.96. The van der Waals surface area contributed by atoms with Crippen molar-refractivity contribution in [3.05, 3.63) is 71.0 Å². The van der Waals surface area contributed by atoms with Gasteiger partial charge >= 0.3 is 0 Å². The zero-order valence-corrected chi connectivity index (χ0v) is 18.7. The van der Waals surface area contributed by atoms with Crippen LogP contribution < -0.4 is 10.6 Å². The van der Waals surface area contributed by atoms with Crippen molar-refractivity contribution in [2.45, 2.75) is 37.6 Å². The molecular formula is C25H32FN3O2. The Bertz CT molecular complexity index is 932. The maximum Gasteiger partial charge on any atom is 0.253 e. The lowest BCUT2D eigenvalue weighted by Gasteiger charge is -2.25. The lowest BCUT2D eigenvalue weighted by Crippen LogP contribution is -2.42. The summed E-state index contributed by atoms with van der Waals surface area (Å²) in [7, 11) is 5.37. The average Bonchev–Trinajstić information content (AvgIpc) is 3.52. The third-order valence-corrected chi connectivity index (χ3v) is 6.59. The Balaban J connectivity index is 1.62. The molecule has 2 aromatic carbocycles. The second-order valence-electron chi connectivity index (χ2n) is 8.59. The van der Waals surface area contributed by atoms with Gasteiger partial charge in [-0.2, -0.15) is 0 Å². The average molecular weight is 426 g/mol. The fraction of sp³-hybridized carbons (Fsp3) is 0.440. The highest BCUT2D eigenvalue weighted by atomic mass is 19.1.